The molecule has 26 heavy (non-hydrogen) atoms. The highest BCUT2D eigenvalue weighted by Crippen LogP contribution is 2.30. The number of nitrogens with one attached hydrogen (secondary N) is 1. The van der Waals surface area contributed by atoms with E-state index < -0.39 is 16.6 Å². The minimum Gasteiger partial charge on any atom is -0.433 e. The summed E-state index contributed by atoms with van der Waals surface area (Å²) >= 11 is 5.83. The average molecular weight is 400 g/mol. The van der Waals surface area contributed by atoms with Gasteiger partial charge in [-0.1, -0.05) is 23.7 Å². The summed E-state index contributed by atoms with van der Waals surface area (Å²) in [6, 6.07) is 11.6. The molecular formula is C16H12ClF2N3O3S. The van der Waals surface area contributed by atoms with Gasteiger partial charge in [0.25, 0.3) is 10.0 Å². The monoisotopic (exact) mass is 399 g/mol. The summed E-state index contributed by atoms with van der Waals surface area (Å²) in [5, 5.41) is 3.83. The molecule has 0 fully saturated rings. The van der Waals surface area contributed by atoms with Gasteiger partial charge in [-0.25, -0.2) is 13.1 Å². The molecule has 0 bridgehead atoms. The second-order valence-corrected chi connectivity index (χ2v) is 7.13. The number of alkyl halides is 2. The molecule has 0 aliphatic carbocycles. The van der Waals surface area contributed by atoms with Crippen molar-refractivity contribution in [2.75, 3.05) is 4.72 Å². The second-order valence-electron chi connectivity index (χ2n) is 5.04. The molecule has 6 nitrogen and oxygen atoms in total. The molecule has 2 aromatic carbocycles. The Balaban J connectivity index is 1.92. The Hall–Kier alpha value is -2.65. The molecule has 0 spiro atoms. The SMILES string of the molecule is O=S(=O)(Nc1ccccc1-n1cccn1)c1ccc(OC(F)F)c(Cl)c1. The van der Waals surface area contributed by atoms with Crippen LogP contribution >= 0.6 is 11.6 Å². The first-order chi connectivity index (χ1) is 12.4. The maximum atomic E-state index is 12.6. The summed E-state index contributed by atoms with van der Waals surface area (Å²) in [5.41, 5.74) is 0.810. The molecule has 1 heterocycles. The van der Waals surface area contributed by atoms with Crippen molar-refractivity contribution in [1.29, 1.82) is 0 Å². The predicted octanol–water partition coefficient (Wildman–Crippen LogP) is 3.93. The van der Waals surface area contributed by atoms with E-state index in [4.69, 9.17) is 11.6 Å². The standard InChI is InChI=1S/C16H12ClF2N3O3S/c17-12-10-11(6-7-15(12)25-16(18)19)26(23,24)21-13-4-1-2-5-14(13)22-9-3-8-20-22/h1-10,16,21H. The molecule has 1 N–H and O–H groups in total. The number of aromatic nitrogens is 2. The Bertz CT molecular complexity index is 1010. The molecule has 0 aliphatic rings. The van der Waals surface area contributed by atoms with Gasteiger partial charge < -0.3 is 4.74 Å². The van der Waals surface area contributed by atoms with Crippen LogP contribution in [-0.2, 0) is 10.0 Å². The molecule has 0 atom stereocenters. The minimum atomic E-state index is -4.01. The van der Waals surface area contributed by atoms with Gasteiger partial charge in [0, 0.05) is 12.4 Å². The normalized spacial score (nSPS) is 11.5. The first-order valence-corrected chi connectivity index (χ1v) is 9.09. The Labute approximate surface area is 153 Å². The van der Waals surface area contributed by atoms with Crippen molar-refractivity contribution in [2.24, 2.45) is 0 Å². The predicted molar refractivity (Wildman–Crippen MR) is 92.5 cm³/mol. The molecule has 3 rings (SSSR count). The van der Waals surface area contributed by atoms with Crippen LogP contribution in [0, 0.1) is 0 Å². The summed E-state index contributed by atoms with van der Waals surface area (Å²) in [6.07, 6.45) is 3.23. The third-order valence-corrected chi connectivity index (χ3v) is 4.99. The number of hydrogen-bond donors (Lipinski definition) is 1. The molecule has 3 aromatic rings. The zero-order chi connectivity index (χ0) is 18.7. The van der Waals surface area contributed by atoms with Crippen molar-refractivity contribution in [3.8, 4) is 11.4 Å². The molecular weight excluding hydrogens is 388 g/mol. The van der Waals surface area contributed by atoms with Crippen LogP contribution in [-0.4, -0.2) is 24.8 Å². The van der Waals surface area contributed by atoms with Crippen LogP contribution in [0.2, 0.25) is 5.02 Å². The van der Waals surface area contributed by atoms with Crippen LogP contribution in [0.1, 0.15) is 0 Å². The molecule has 0 amide bonds. The Kier molecular flexibility index (Phi) is 5.10. The number of rotatable bonds is 6. The van der Waals surface area contributed by atoms with Crippen LogP contribution in [0.5, 0.6) is 5.75 Å². The Morgan fingerprint density at radius 2 is 1.92 bits per heavy atom. The minimum absolute atomic E-state index is 0.195. The van der Waals surface area contributed by atoms with Crippen molar-refractivity contribution >= 4 is 27.3 Å². The van der Waals surface area contributed by atoms with E-state index in [2.05, 4.69) is 14.6 Å². The molecule has 0 unspecified atom stereocenters. The highest BCUT2D eigenvalue weighted by atomic mass is 35.5. The summed E-state index contributed by atoms with van der Waals surface area (Å²) in [4.78, 5) is -0.195. The summed E-state index contributed by atoms with van der Waals surface area (Å²) < 4.78 is 58.0. The first-order valence-electron chi connectivity index (χ1n) is 7.23. The number of benzene rings is 2. The van der Waals surface area contributed by atoms with Crippen molar-refractivity contribution in [3.63, 3.8) is 0 Å². The quantitative estimate of drug-likeness (QED) is 0.681. The highest BCUT2D eigenvalue weighted by molar-refractivity contribution is 7.92. The zero-order valence-electron chi connectivity index (χ0n) is 13.0. The number of nitrogens with zero attached hydrogens (tertiary/aromatic N) is 2. The number of anilines is 1. The molecule has 10 heteroatoms. The lowest BCUT2D eigenvalue weighted by Gasteiger charge is -2.13. The van der Waals surface area contributed by atoms with Gasteiger partial charge >= 0.3 is 6.61 Å². The Morgan fingerprint density at radius 3 is 2.58 bits per heavy atom. The number of halogens is 3. The van der Waals surface area contributed by atoms with Crippen molar-refractivity contribution in [2.45, 2.75) is 11.5 Å². The van der Waals surface area contributed by atoms with Crippen LogP contribution in [0.4, 0.5) is 14.5 Å². The van der Waals surface area contributed by atoms with E-state index in [1.165, 1.54) is 4.68 Å². The van der Waals surface area contributed by atoms with E-state index in [0.29, 0.717) is 11.4 Å². The van der Waals surface area contributed by atoms with E-state index in [-0.39, 0.29) is 15.7 Å². The summed E-state index contributed by atoms with van der Waals surface area (Å²) in [5.74, 6) is -0.308. The lowest BCUT2D eigenvalue weighted by Crippen LogP contribution is -2.15. The third kappa shape index (κ3) is 3.94. The summed E-state index contributed by atoms with van der Waals surface area (Å²) in [7, 11) is -4.01. The van der Waals surface area contributed by atoms with Gasteiger partial charge in [-0.2, -0.15) is 13.9 Å². The van der Waals surface area contributed by atoms with Gasteiger partial charge in [0.15, 0.2) is 0 Å². The molecule has 0 saturated carbocycles. The lowest BCUT2D eigenvalue weighted by atomic mass is 10.3. The molecule has 0 radical (unpaired) electrons. The highest BCUT2D eigenvalue weighted by Gasteiger charge is 2.19. The van der Waals surface area contributed by atoms with E-state index in [1.807, 2.05) is 0 Å². The van der Waals surface area contributed by atoms with Crippen LogP contribution in [0.3, 0.4) is 0 Å². The van der Waals surface area contributed by atoms with Crippen LogP contribution < -0.4 is 9.46 Å². The molecule has 0 aliphatic heterocycles. The number of sulfonamides is 1. The number of para-hydroxylation sites is 2. The van der Waals surface area contributed by atoms with Crippen molar-refractivity contribution < 1.29 is 21.9 Å². The fraction of sp³-hybridized carbons (Fsp3) is 0.0625. The second kappa shape index (κ2) is 7.30. The molecule has 136 valence electrons. The topological polar surface area (TPSA) is 73.2 Å². The van der Waals surface area contributed by atoms with Crippen LogP contribution in [0.25, 0.3) is 5.69 Å². The Morgan fingerprint density at radius 1 is 1.15 bits per heavy atom. The fourth-order valence-electron chi connectivity index (χ4n) is 2.22. The maximum Gasteiger partial charge on any atom is 0.387 e. The van der Waals surface area contributed by atoms with Gasteiger partial charge in [0.05, 0.1) is 21.3 Å². The zero-order valence-corrected chi connectivity index (χ0v) is 14.6. The smallest absolute Gasteiger partial charge is 0.387 e. The van der Waals surface area contributed by atoms with Crippen molar-refractivity contribution in [1.82, 2.24) is 9.78 Å². The lowest BCUT2D eigenvalue weighted by molar-refractivity contribution is -0.0498. The van der Waals surface area contributed by atoms with Gasteiger partial charge in [0.2, 0.25) is 0 Å². The van der Waals surface area contributed by atoms with Gasteiger partial charge in [-0.3, -0.25) is 4.72 Å². The van der Waals surface area contributed by atoms with Gasteiger partial charge in [-0.05, 0) is 36.4 Å². The van der Waals surface area contributed by atoms with E-state index in [0.717, 1.165) is 18.2 Å². The average Bonchev–Trinajstić information content (AvgIpc) is 3.11. The summed E-state index contributed by atoms with van der Waals surface area (Å²) in [6.45, 7) is -3.06. The first kappa shape index (κ1) is 18.2. The molecule has 0 saturated heterocycles. The number of ether oxygens (including phenoxy) is 1. The van der Waals surface area contributed by atoms with Crippen molar-refractivity contribution in [3.05, 3.63) is 65.9 Å². The van der Waals surface area contributed by atoms with Crippen LogP contribution in [0.15, 0.2) is 65.8 Å². The van der Waals surface area contributed by atoms with Gasteiger partial charge in [0.1, 0.15) is 5.75 Å². The maximum absolute atomic E-state index is 12.6. The molecule has 1 aromatic heterocycles. The third-order valence-electron chi connectivity index (χ3n) is 3.33. The fourth-order valence-corrected chi connectivity index (χ4v) is 3.60. The van der Waals surface area contributed by atoms with Gasteiger partial charge in [-0.15, -0.1) is 0 Å². The van der Waals surface area contributed by atoms with E-state index in [1.54, 1.807) is 42.7 Å². The number of hydrogen-bond acceptors (Lipinski definition) is 4. The largest absolute Gasteiger partial charge is 0.433 e. The van der Waals surface area contributed by atoms with E-state index >= 15 is 0 Å². The van der Waals surface area contributed by atoms with E-state index in [9.17, 15) is 17.2 Å².